The molecule has 1 heterocycles. The van der Waals surface area contributed by atoms with Gasteiger partial charge in [-0.15, -0.1) is 0 Å². The van der Waals surface area contributed by atoms with Crippen molar-refractivity contribution in [3.63, 3.8) is 0 Å². The van der Waals surface area contributed by atoms with Gasteiger partial charge in [0.15, 0.2) is 0 Å². The van der Waals surface area contributed by atoms with Crippen LogP contribution in [0.15, 0.2) is 27.6 Å². The summed E-state index contributed by atoms with van der Waals surface area (Å²) < 4.78 is 27.6. The SMILES string of the molecule is CC(C)C1CCCN1S(=O)(=O)c1ccc(N)c(Br)c1. The number of benzene rings is 1. The molecule has 106 valence electrons. The molecule has 1 unspecified atom stereocenters. The van der Waals surface area contributed by atoms with Gasteiger partial charge in [0, 0.05) is 22.7 Å². The van der Waals surface area contributed by atoms with Gasteiger partial charge >= 0.3 is 0 Å². The Kier molecular flexibility index (Phi) is 4.23. The van der Waals surface area contributed by atoms with Gasteiger partial charge in [0.2, 0.25) is 10.0 Å². The molecule has 0 radical (unpaired) electrons. The fraction of sp³-hybridized carbons (Fsp3) is 0.538. The van der Waals surface area contributed by atoms with Gasteiger partial charge in [-0.2, -0.15) is 4.31 Å². The van der Waals surface area contributed by atoms with Crippen LogP contribution in [0.2, 0.25) is 0 Å². The molecular weight excluding hydrogens is 328 g/mol. The van der Waals surface area contributed by atoms with E-state index in [0.717, 1.165) is 12.8 Å². The van der Waals surface area contributed by atoms with E-state index in [0.29, 0.717) is 27.5 Å². The van der Waals surface area contributed by atoms with Crippen molar-refractivity contribution in [1.29, 1.82) is 0 Å². The van der Waals surface area contributed by atoms with E-state index in [1.165, 1.54) is 0 Å². The molecule has 4 nitrogen and oxygen atoms in total. The number of hydrogen-bond donors (Lipinski definition) is 1. The van der Waals surface area contributed by atoms with Crippen molar-refractivity contribution in [2.75, 3.05) is 12.3 Å². The van der Waals surface area contributed by atoms with Gasteiger partial charge in [-0.3, -0.25) is 0 Å². The van der Waals surface area contributed by atoms with Gasteiger partial charge in [-0.05, 0) is 52.9 Å². The van der Waals surface area contributed by atoms with E-state index >= 15 is 0 Å². The minimum Gasteiger partial charge on any atom is -0.398 e. The van der Waals surface area contributed by atoms with Crippen LogP contribution in [0.4, 0.5) is 5.69 Å². The van der Waals surface area contributed by atoms with Crippen LogP contribution in [-0.2, 0) is 10.0 Å². The molecule has 0 saturated carbocycles. The van der Waals surface area contributed by atoms with Crippen LogP contribution >= 0.6 is 15.9 Å². The van der Waals surface area contributed by atoms with Crippen molar-refractivity contribution in [2.45, 2.75) is 37.6 Å². The summed E-state index contributed by atoms with van der Waals surface area (Å²) in [5, 5.41) is 0. The molecule has 1 saturated heterocycles. The number of rotatable bonds is 3. The Morgan fingerprint density at radius 3 is 2.68 bits per heavy atom. The quantitative estimate of drug-likeness (QED) is 0.856. The fourth-order valence-corrected chi connectivity index (χ4v) is 4.92. The minimum atomic E-state index is -3.42. The molecule has 0 aliphatic carbocycles. The van der Waals surface area contributed by atoms with Crippen molar-refractivity contribution in [1.82, 2.24) is 4.31 Å². The summed E-state index contributed by atoms with van der Waals surface area (Å²) in [5.74, 6) is 0.328. The first-order valence-corrected chi connectivity index (χ1v) is 8.64. The molecule has 0 bridgehead atoms. The van der Waals surface area contributed by atoms with Crippen LogP contribution in [0.25, 0.3) is 0 Å². The maximum Gasteiger partial charge on any atom is 0.243 e. The molecule has 1 fully saturated rings. The first-order chi connectivity index (χ1) is 8.84. The monoisotopic (exact) mass is 346 g/mol. The Bertz CT molecular complexity index is 572. The molecule has 2 N–H and O–H groups in total. The fourth-order valence-electron chi connectivity index (χ4n) is 2.53. The number of nitrogen functional groups attached to an aromatic ring is 1. The molecule has 1 atom stereocenters. The Morgan fingerprint density at radius 2 is 2.11 bits per heavy atom. The number of nitrogens with zero attached hydrogens (tertiary/aromatic N) is 1. The van der Waals surface area contributed by atoms with Gasteiger partial charge in [0.1, 0.15) is 0 Å². The van der Waals surface area contributed by atoms with E-state index in [4.69, 9.17) is 5.73 Å². The second kappa shape index (κ2) is 5.42. The van der Waals surface area contributed by atoms with E-state index in [1.54, 1.807) is 22.5 Å². The van der Waals surface area contributed by atoms with E-state index in [1.807, 2.05) is 0 Å². The third kappa shape index (κ3) is 2.80. The summed E-state index contributed by atoms with van der Waals surface area (Å²) in [6.07, 6.45) is 1.87. The molecule has 1 aliphatic heterocycles. The lowest BCUT2D eigenvalue weighted by Gasteiger charge is -2.27. The third-order valence-electron chi connectivity index (χ3n) is 3.60. The van der Waals surface area contributed by atoms with E-state index in [9.17, 15) is 8.42 Å². The molecular formula is C13H19BrN2O2S. The molecule has 19 heavy (non-hydrogen) atoms. The molecule has 0 aromatic heterocycles. The normalized spacial score (nSPS) is 21.2. The zero-order chi connectivity index (χ0) is 14.2. The van der Waals surface area contributed by atoms with Crippen LogP contribution < -0.4 is 5.73 Å². The van der Waals surface area contributed by atoms with Crippen LogP contribution in [-0.4, -0.2) is 25.3 Å². The zero-order valence-corrected chi connectivity index (χ0v) is 13.5. The van der Waals surface area contributed by atoms with Crippen molar-refractivity contribution < 1.29 is 8.42 Å². The van der Waals surface area contributed by atoms with E-state index in [2.05, 4.69) is 29.8 Å². The van der Waals surface area contributed by atoms with Crippen LogP contribution in [0.3, 0.4) is 0 Å². The van der Waals surface area contributed by atoms with Gasteiger partial charge in [-0.25, -0.2) is 8.42 Å². The Hall–Kier alpha value is -0.590. The molecule has 0 spiro atoms. The summed E-state index contributed by atoms with van der Waals surface area (Å²) in [7, 11) is -3.42. The first-order valence-electron chi connectivity index (χ1n) is 6.41. The smallest absolute Gasteiger partial charge is 0.243 e. The summed E-state index contributed by atoms with van der Waals surface area (Å²) in [4.78, 5) is 0.307. The van der Waals surface area contributed by atoms with Crippen molar-refractivity contribution in [3.8, 4) is 0 Å². The molecule has 1 aliphatic rings. The number of anilines is 1. The standard InChI is InChI=1S/C13H19BrN2O2S/c1-9(2)13-4-3-7-16(13)19(17,18)10-5-6-12(15)11(14)8-10/h5-6,8-9,13H,3-4,7,15H2,1-2H3. The largest absolute Gasteiger partial charge is 0.398 e. The van der Waals surface area contributed by atoms with Crippen molar-refractivity contribution in [3.05, 3.63) is 22.7 Å². The Labute approximate surface area is 123 Å². The lowest BCUT2D eigenvalue weighted by Crippen LogP contribution is -2.38. The number of nitrogens with two attached hydrogens (primary N) is 1. The van der Waals surface area contributed by atoms with Crippen LogP contribution in [0.1, 0.15) is 26.7 Å². The lowest BCUT2D eigenvalue weighted by atomic mass is 10.0. The van der Waals surface area contributed by atoms with Gasteiger partial charge in [0.05, 0.1) is 4.90 Å². The lowest BCUT2D eigenvalue weighted by molar-refractivity contribution is 0.316. The predicted molar refractivity (Wildman–Crippen MR) is 80.3 cm³/mol. The molecule has 0 amide bonds. The second-order valence-electron chi connectivity index (χ2n) is 5.25. The highest BCUT2D eigenvalue weighted by Gasteiger charge is 2.36. The second-order valence-corrected chi connectivity index (χ2v) is 8.00. The Morgan fingerprint density at radius 1 is 1.42 bits per heavy atom. The van der Waals surface area contributed by atoms with Gasteiger partial charge < -0.3 is 5.73 Å². The van der Waals surface area contributed by atoms with E-state index in [-0.39, 0.29) is 6.04 Å². The van der Waals surface area contributed by atoms with E-state index < -0.39 is 10.0 Å². The van der Waals surface area contributed by atoms with Crippen LogP contribution in [0.5, 0.6) is 0 Å². The maximum absolute atomic E-state index is 12.7. The number of hydrogen-bond acceptors (Lipinski definition) is 3. The summed E-state index contributed by atoms with van der Waals surface area (Å²) in [5.41, 5.74) is 6.25. The average molecular weight is 347 g/mol. The number of halogens is 1. The Balaban J connectivity index is 2.39. The highest BCUT2D eigenvalue weighted by atomic mass is 79.9. The molecule has 1 aromatic carbocycles. The van der Waals surface area contributed by atoms with Crippen molar-refractivity contribution >= 4 is 31.6 Å². The average Bonchev–Trinajstić information content (AvgIpc) is 2.82. The third-order valence-corrected chi connectivity index (χ3v) is 6.20. The van der Waals surface area contributed by atoms with Gasteiger partial charge in [0.25, 0.3) is 0 Å². The summed E-state index contributed by atoms with van der Waals surface area (Å²) in [6, 6.07) is 4.88. The summed E-state index contributed by atoms with van der Waals surface area (Å²) in [6.45, 7) is 4.74. The van der Waals surface area contributed by atoms with Gasteiger partial charge in [-0.1, -0.05) is 13.8 Å². The first kappa shape index (κ1) is 14.8. The molecule has 2 rings (SSSR count). The highest BCUT2D eigenvalue weighted by molar-refractivity contribution is 9.10. The maximum atomic E-state index is 12.7. The zero-order valence-electron chi connectivity index (χ0n) is 11.1. The summed E-state index contributed by atoms with van der Waals surface area (Å²) >= 11 is 3.28. The molecule has 1 aromatic rings. The van der Waals surface area contributed by atoms with Crippen molar-refractivity contribution in [2.24, 2.45) is 5.92 Å². The number of sulfonamides is 1. The highest BCUT2D eigenvalue weighted by Crippen LogP contribution is 2.32. The molecule has 6 heteroatoms. The topological polar surface area (TPSA) is 63.4 Å². The van der Waals surface area contributed by atoms with Crippen LogP contribution in [0, 0.1) is 5.92 Å². The minimum absolute atomic E-state index is 0.0985. The predicted octanol–water partition coefficient (Wildman–Crippen LogP) is 2.84.